The average Bonchev–Trinajstić information content (AvgIpc) is 3.21. The normalized spacial score (nSPS) is 35.0. The van der Waals surface area contributed by atoms with Gasteiger partial charge in [0.15, 0.2) is 12.1 Å². The Morgan fingerprint density at radius 3 is 1.90 bits per heavy atom. The van der Waals surface area contributed by atoms with E-state index in [1.165, 1.54) is 26.2 Å². The van der Waals surface area contributed by atoms with Gasteiger partial charge in [-0.15, -0.1) is 0 Å². The number of benzene rings is 2. The second-order valence-electron chi connectivity index (χ2n) is 14.8. The molecule has 15 atom stereocenters. The van der Waals surface area contributed by atoms with Gasteiger partial charge >= 0.3 is 0 Å². The fourth-order valence-corrected chi connectivity index (χ4v) is 7.00. The summed E-state index contributed by atoms with van der Waals surface area (Å²) in [5.74, 6) is -1.30. The molecule has 20 nitrogen and oxygen atoms in total. The number of phenols is 1. The molecule has 3 aromatic rings. The third kappa shape index (κ3) is 8.79. The summed E-state index contributed by atoms with van der Waals surface area (Å²) in [6.45, 7) is 3.48. The number of allylic oxidation sites excluding steroid dienone is 2. The molecule has 3 saturated heterocycles. The highest BCUT2D eigenvalue weighted by Crippen LogP contribution is 2.42. The zero-order chi connectivity index (χ0) is 43.0. The van der Waals surface area contributed by atoms with Crippen molar-refractivity contribution in [2.75, 3.05) is 20.3 Å². The van der Waals surface area contributed by atoms with E-state index in [2.05, 4.69) is 0 Å². The number of fused-ring (bicyclic) bond motifs is 1. The minimum absolute atomic E-state index is 0.00783. The van der Waals surface area contributed by atoms with Crippen LogP contribution in [0.3, 0.4) is 0 Å². The van der Waals surface area contributed by atoms with Crippen LogP contribution in [-0.2, 0) is 25.4 Å². The second kappa shape index (κ2) is 18.3. The molecule has 6 rings (SSSR count). The zero-order valence-electron chi connectivity index (χ0n) is 32.3. The first kappa shape index (κ1) is 44.6. The maximum Gasteiger partial charge on any atom is 0.239 e. The topological polar surface area (TPSA) is 317 Å². The molecule has 11 N–H and O–H groups in total. The molecule has 0 spiro atoms. The quantitative estimate of drug-likeness (QED) is 0.0870. The molecule has 0 saturated carbocycles. The summed E-state index contributed by atoms with van der Waals surface area (Å²) in [6.07, 6.45) is -23.4. The molecule has 59 heavy (non-hydrogen) atoms. The Hall–Kier alpha value is -3.97. The van der Waals surface area contributed by atoms with E-state index in [1.54, 1.807) is 32.1 Å². The van der Waals surface area contributed by atoms with Crippen LogP contribution in [0.25, 0.3) is 22.3 Å². The second-order valence-corrected chi connectivity index (χ2v) is 14.8. The maximum atomic E-state index is 14.6. The Bertz CT molecular complexity index is 1990. The Balaban J connectivity index is 1.45. The lowest BCUT2D eigenvalue weighted by Gasteiger charge is -2.45. The van der Waals surface area contributed by atoms with Crippen LogP contribution in [-0.4, -0.2) is 169 Å². The minimum Gasteiger partial charge on any atom is -0.507 e. The molecule has 3 aliphatic rings. The van der Waals surface area contributed by atoms with E-state index in [0.717, 1.165) is 11.6 Å². The number of aliphatic hydroxyl groups is 10. The van der Waals surface area contributed by atoms with Crippen molar-refractivity contribution in [3.8, 4) is 34.3 Å². The number of ether oxygens (including phenoxy) is 7. The predicted octanol–water partition coefficient (Wildman–Crippen LogP) is -2.11. The van der Waals surface area contributed by atoms with Gasteiger partial charge in [0.25, 0.3) is 0 Å². The summed E-state index contributed by atoms with van der Waals surface area (Å²) in [4.78, 5) is 14.6. The third-order valence-electron chi connectivity index (χ3n) is 10.5. The molecular formula is C39H50O20. The summed E-state index contributed by atoms with van der Waals surface area (Å²) >= 11 is 0. The Labute approximate surface area is 336 Å². The highest BCUT2D eigenvalue weighted by Gasteiger charge is 2.51. The predicted molar refractivity (Wildman–Crippen MR) is 199 cm³/mol. The van der Waals surface area contributed by atoms with Crippen LogP contribution >= 0.6 is 0 Å². The van der Waals surface area contributed by atoms with Crippen LogP contribution in [0.5, 0.6) is 23.0 Å². The number of hydrogen-bond acceptors (Lipinski definition) is 20. The van der Waals surface area contributed by atoms with Crippen molar-refractivity contribution >= 4 is 11.0 Å². The SMILES string of the molecule is COc1ccc(-c2oc3c(CC=C(C)C)c(O[C@@H]4OC(CO)[C@@H](O)[C@H](O)C4O)cc(O)c3c(=O)c2O[C@@H]2OC(C)[C@H](O)[C@H](O[C@@H]3OC(CO)[C@@H](O)C(O)C3O)C2O)cc1. The summed E-state index contributed by atoms with van der Waals surface area (Å²) in [6, 6.07) is 7.20. The number of phenolic OH excluding ortho intramolecular Hbond substituents is 1. The largest absolute Gasteiger partial charge is 0.507 e. The molecule has 0 amide bonds. The van der Waals surface area contributed by atoms with Gasteiger partial charge in [0.1, 0.15) is 95.4 Å². The molecular weight excluding hydrogens is 788 g/mol. The lowest BCUT2D eigenvalue weighted by atomic mass is 9.97. The Morgan fingerprint density at radius 2 is 1.32 bits per heavy atom. The van der Waals surface area contributed by atoms with Crippen LogP contribution in [0.4, 0.5) is 0 Å². The molecule has 2 aromatic carbocycles. The summed E-state index contributed by atoms with van der Waals surface area (Å²) in [7, 11) is 1.44. The van der Waals surface area contributed by atoms with Crippen LogP contribution < -0.4 is 19.6 Å². The highest BCUT2D eigenvalue weighted by molar-refractivity contribution is 5.91. The van der Waals surface area contributed by atoms with Gasteiger partial charge in [0.05, 0.1) is 26.4 Å². The van der Waals surface area contributed by atoms with Gasteiger partial charge < -0.3 is 93.7 Å². The molecule has 0 aliphatic carbocycles. The molecule has 0 bridgehead atoms. The molecule has 1 aromatic heterocycles. The van der Waals surface area contributed by atoms with Gasteiger partial charge in [-0.25, -0.2) is 0 Å². The highest BCUT2D eigenvalue weighted by atomic mass is 16.7. The summed E-state index contributed by atoms with van der Waals surface area (Å²) < 4.78 is 46.2. The molecule has 7 unspecified atom stereocenters. The fourth-order valence-electron chi connectivity index (χ4n) is 7.00. The van der Waals surface area contributed by atoms with E-state index in [1.807, 2.05) is 0 Å². The van der Waals surface area contributed by atoms with E-state index in [9.17, 15) is 61.0 Å². The van der Waals surface area contributed by atoms with Crippen molar-refractivity contribution in [2.24, 2.45) is 0 Å². The van der Waals surface area contributed by atoms with Crippen molar-refractivity contribution in [1.29, 1.82) is 0 Å². The van der Waals surface area contributed by atoms with E-state index >= 15 is 0 Å². The van der Waals surface area contributed by atoms with E-state index in [4.69, 9.17) is 37.6 Å². The first-order valence-electron chi connectivity index (χ1n) is 18.8. The minimum atomic E-state index is -1.96. The molecule has 0 radical (unpaired) electrons. The van der Waals surface area contributed by atoms with E-state index < -0.39 is 128 Å². The van der Waals surface area contributed by atoms with Crippen molar-refractivity contribution in [3.05, 3.63) is 57.8 Å². The van der Waals surface area contributed by atoms with Crippen molar-refractivity contribution < 1.29 is 93.7 Å². The molecule has 20 heteroatoms. The van der Waals surface area contributed by atoms with Crippen molar-refractivity contribution in [3.63, 3.8) is 0 Å². The number of rotatable bonds is 12. The number of hydrogen-bond donors (Lipinski definition) is 11. The summed E-state index contributed by atoms with van der Waals surface area (Å²) in [5, 5.41) is 116. The molecule has 3 fully saturated rings. The van der Waals surface area contributed by atoms with E-state index in [0.29, 0.717) is 5.75 Å². The van der Waals surface area contributed by atoms with Crippen LogP contribution in [0.15, 0.2) is 51.2 Å². The Kier molecular flexibility index (Phi) is 13.9. The van der Waals surface area contributed by atoms with Crippen molar-refractivity contribution in [1.82, 2.24) is 0 Å². The van der Waals surface area contributed by atoms with Crippen molar-refractivity contribution in [2.45, 2.75) is 119 Å². The van der Waals surface area contributed by atoms with Crippen LogP contribution in [0, 0.1) is 0 Å². The molecule has 326 valence electrons. The van der Waals surface area contributed by atoms with Gasteiger partial charge in [-0.05, 0) is 51.5 Å². The first-order valence-corrected chi connectivity index (χ1v) is 18.8. The molecule has 4 heterocycles. The van der Waals surface area contributed by atoms with Gasteiger partial charge in [-0.2, -0.15) is 0 Å². The van der Waals surface area contributed by atoms with Gasteiger partial charge in [0, 0.05) is 17.2 Å². The lowest BCUT2D eigenvalue weighted by Crippen LogP contribution is -2.64. The lowest BCUT2D eigenvalue weighted by molar-refractivity contribution is -0.350. The zero-order valence-corrected chi connectivity index (χ0v) is 32.3. The smallest absolute Gasteiger partial charge is 0.239 e. The molecule has 3 aliphatic heterocycles. The maximum absolute atomic E-state index is 14.6. The average molecular weight is 839 g/mol. The summed E-state index contributed by atoms with van der Waals surface area (Å²) in [5.41, 5.74) is -0.00688. The number of aromatic hydroxyl groups is 1. The van der Waals surface area contributed by atoms with E-state index in [-0.39, 0.29) is 34.6 Å². The monoisotopic (exact) mass is 838 g/mol. The van der Waals surface area contributed by atoms with Gasteiger partial charge in [0.2, 0.25) is 23.8 Å². The Morgan fingerprint density at radius 1 is 0.746 bits per heavy atom. The van der Waals surface area contributed by atoms with Crippen LogP contribution in [0.2, 0.25) is 0 Å². The first-order chi connectivity index (χ1) is 28.0. The standard InChI is InChI=1S/C39H50O20/c1-14(2)5-10-18-20(54-37-30(49)28(47)25(44)21(12-40)55-37)11-19(42)23-27(46)36(33(57-34(18)23)16-6-8-17(52-4)9-7-16)59-39-32(51)35(24(43)15(3)53-39)58-38-31(50)29(48)26(45)22(13-41)56-38/h5-9,11,15,21-22,24-26,28-32,35,37-45,47-51H,10,12-13H2,1-4H3/t15?,21?,22?,24-,25+,26+,28-,29?,30?,31?,32?,35-,37+,38-,39-/m0/s1. The van der Waals surface area contributed by atoms with Gasteiger partial charge in [-0.3, -0.25) is 4.79 Å². The fraction of sp³-hybridized carbons (Fsp3) is 0.564. The number of methoxy groups -OCH3 is 1. The van der Waals surface area contributed by atoms with Crippen LogP contribution in [0.1, 0.15) is 26.3 Å². The third-order valence-corrected chi connectivity index (χ3v) is 10.5. The number of aliphatic hydroxyl groups excluding tert-OH is 10. The van der Waals surface area contributed by atoms with Gasteiger partial charge in [-0.1, -0.05) is 11.6 Å².